The number of hydrogen-bond acceptors (Lipinski definition) is 7. The van der Waals surface area contributed by atoms with E-state index in [1.165, 1.54) is 0 Å². The van der Waals surface area contributed by atoms with Crippen LogP contribution in [-0.2, 0) is 35.2 Å². The lowest BCUT2D eigenvalue weighted by Gasteiger charge is -2.24. The molecule has 0 radical (unpaired) electrons. The van der Waals surface area contributed by atoms with Crippen molar-refractivity contribution in [1.82, 2.24) is 16.0 Å². The Morgan fingerprint density at radius 2 is 1.42 bits per heavy atom. The Morgan fingerprint density at radius 1 is 0.848 bits per heavy atom. The summed E-state index contributed by atoms with van der Waals surface area (Å²) in [4.78, 5) is 70.6. The largest absolute Gasteiger partial charge is 0.481 e. The Morgan fingerprint density at radius 3 is 1.94 bits per heavy atom. The molecule has 1 aromatic rings. The molecule has 0 aliphatic heterocycles. The molecule has 180 valence electrons. The van der Waals surface area contributed by atoms with Crippen LogP contribution in [0.5, 0.6) is 0 Å². The van der Waals surface area contributed by atoms with Crippen LogP contribution in [0.1, 0.15) is 24.8 Å². The molecule has 0 bridgehead atoms. The predicted molar refractivity (Wildman–Crippen MR) is 113 cm³/mol. The molecule has 0 heterocycles. The Hall–Kier alpha value is -4.00. The summed E-state index contributed by atoms with van der Waals surface area (Å²) in [5.74, 6) is -6.15. The molecule has 0 saturated heterocycles. The van der Waals surface area contributed by atoms with Gasteiger partial charge in [-0.3, -0.25) is 24.0 Å². The third-order valence-electron chi connectivity index (χ3n) is 4.42. The first-order valence-electron chi connectivity index (χ1n) is 9.90. The fourth-order valence-corrected chi connectivity index (χ4v) is 2.79. The fourth-order valence-electron chi connectivity index (χ4n) is 2.79. The first kappa shape index (κ1) is 27.0. The van der Waals surface area contributed by atoms with Crippen LogP contribution >= 0.6 is 0 Å². The topological polar surface area (TPSA) is 231 Å². The van der Waals surface area contributed by atoms with Gasteiger partial charge in [0, 0.05) is 12.8 Å². The van der Waals surface area contributed by atoms with Crippen molar-refractivity contribution >= 4 is 35.6 Å². The molecule has 3 atom stereocenters. The minimum Gasteiger partial charge on any atom is -0.481 e. The number of nitrogens with one attached hydrogen (secondary N) is 3. The number of carboxylic acid groups (broad SMARTS) is 2. The van der Waals surface area contributed by atoms with Gasteiger partial charge in [0.25, 0.3) is 0 Å². The van der Waals surface area contributed by atoms with Gasteiger partial charge in [-0.15, -0.1) is 0 Å². The molecule has 13 nitrogen and oxygen atoms in total. The quantitative estimate of drug-likeness (QED) is 0.153. The normalized spacial score (nSPS) is 13.1. The Kier molecular flexibility index (Phi) is 11.0. The van der Waals surface area contributed by atoms with Gasteiger partial charge in [0.15, 0.2) is 0 Å². The standard InChI is InChI=1S/C20H27N5O8/c21-10-16(27)23-12(6-7-17(28)29)18(30)24-13(8-11-4-2-1-3-5-11)19(31)25-14(20(32)33)9-15(22)26/h1-5,12-14H,6-10,21H2,(H2,22,26)(H,23,27)(H,24,30)(H,25,31)(H,28,29)(H,32,33). The van der Waals surface area contributed by atoms with Crippen molar-refractivity contribution in [1.29, 1.82) is 0 Å². The predicted octanol–water partition coefficient (Wildman–Crippen LogP) is -2.53. The van der Waals surface area contributed by atoms with Crippen LogP contribution in [0.25, 0.3) is 0 Å². The van der Waals surface area contributed by atoms with E-state index < -0.39 is 73.1 Å². The second kappa shape index (κ2) is 13.4. The maximum atomic E-state index is 12.8. The number of carboxylic acids is 2. The van der Waals surface area contributed by atoms with Crippen molar-refractivity contribution < 1.29 is 39.0 Å². The van der Waals surface area contributed by atoms with Gasteiger partial charge in [-0.05, 0) is 12.0 Å². The van der Waals surface area contributed by atoms with Crippen molar-refractivity contribution in [3.8, 4) is 0 Å². The van der Waals surface area contributed by atoms with Crippen molar-refractivity contribution in [2.45, 2.75) is 43.8 Å². The molecule has 1 rings (SSSR count). The van der Waals surface area contributed by atoms with Gasteiger partial charge < -0.3 is 37.6 Å². The number of carbonyl (C=O) groups is 6. The highest BCUT2D eigenvalue weighted by Crippen LogP contribution is 2.07. The number of rotatable bonds is 14. The van der Waals surface area contributed by atoms with Gasteiger partial charge in [0.2, 0.25) is 23.6 Å². The van der Waals surface area contributed by atoms with Crippen LogP contribution < -0.4 is 27.4 Å². The van der Waals surface area contributed by atoms with Crippen molar-refractivity contribution in [3.63, 3.8) is 0 Å². The number of primary amides is 1. The summed E-state index contributed by atoms with van der Waals surface area (Å²) in [5.41, 5.74) is 10.9. The van der Waals surface area contributed by atoms with Crippen LogP contribution in [0.15, 0.2) is 30.3 Å². The minimum atomic E-state index is -1.62. The SMILES string of the molecule is NCC(=O)NC(CCC(=O)O)C(=O)NC(Cc1ccccc1)C(=O)NC(CC(N)=O)C(=O)O. The third-order valence-corrected chi connectivity index (χ3v) is 4.42. The molecule has 0 aliphatic rings. The molecule has 4 amide bonds. The molecule has 0 spiro atoms. The first-order chi connectivity index (χ1) is 15.5. The van der Waals surface area contributed by atoms with E-state index in [9.17, 15) is 33.9 Å². The van der Waals surface area contributed by atoms with Crippen molar-refractivity contribution in [3.05, 3.63) is 35.9 Å². The van der Waals surface area contributed by atoms with Crippen LogP contribution in [-0.4, -0.2) is 70.5 Å². The summed E-state index contributed by atoms with van der Waals surface area (Å²) < 4.78 is 0. The van der Waals surface area contributed by atoms with Gasteiger partial charge in [0.05, 0.1) is 13.0 Å². The summed E-state index contributed by atoms with van der Waals surface area (Å²) in [6, 6.07) is 4.22. The number of benzene rings is 1. The van der Waals surface area contributed by atoms with E-state index in [-0.39, 0.29) is 12.8 Å². The third kappa shape index (κ3) is 10.2. The molecule has 9 N–H and O–H groups in total. The van der Waals surface area contributed by atoms with E-state index in [1.807, 2.05) is 0 Å². The highest BCUT2D eigenvalue weighted by Gasteiger charge is 2.30. The zero-order chi connectivity index (χ0) is 25.0. The molecule has 33 heavy (non-hydrogen) atoms. The van der Waals surface area contributed by atoms with Gasteiger partial charge in [-0.1, -0.05) is 30.3 Å². The summed E-state index contributed by atoms with van der Waals surface area (Å²) in [6.07, 6.45) is -1.44. The van der Waals surface area contributed by atoms with Crippen LogP contribution in [0, 0.1) is 0 Å². The summed E-state index contributed by atoms with van der Waals surface area (Å²) >= 11 is 0. The van der Waals surface area contributed by atoms with Gasteiger partial charge in [0.1, 0.15) is 18.1 Å². The molecular weight excluding hydrogens is 438 g/mol. The lowest BCUT2D eigenvalue weighted by Crippen LogP contribution is -2.57. The number of nitrogens with two attached hydrogens (primary N) is 2. The Bertz CT molecular complexity index is 876. The minimum absolute atomic E-state index is 0.0577. The highest BCUT2D eigenvalue weighted by molar-refractivity contribution is 5.94. The smallest absolute Gasteiger partial charge is 0.326 e. The maximum Gasteiger partial charge on any atom is 0.326 e. The molecule has 13 heteroatoms. The van der Waals surface area contributed by atoms with E-state index in [4.69, 9.17) is 16.6 Å². The Labute approximate surface area is 188 Å². The average Bonchev–Trinajstić information content (AvgIpc) is 2.75. The number of amides is 4. The van der Waals surface area contributed by atoms with Crippen molar-refractivity contribution in [2.24, 2.45) is 11.5 Å². The second-order valence-corrected chi connectivity index (χ2v) is 7.08. The van der Waals surface area contributed by atoms with Gasteiger partial charge >= 0.3 is 11.9 Å². The summed E-state index contributed by atoms with van der Waals surface area (Å²) in [5, 5.41) is 25.0. The maximum absolute atomic E-state index is 12.8. The number of hydrogen-bond donors (Lipinski definition) is 7. The number of carbonyl (C=O) groups excluding carboxylic acids is 4. The zero-order valence-electron chi connectivity index (χ0n) is 17.7. The zero-order valence-corrected chi connectivity index (χ0v) is 17.7. The van der Waals surface area contributed by atoms with E-state index in [0.29, 0.717) is 5.56 Å². The molecular formula is C20H27N5O8. The fraction of sp³-hybridized carbons (Fsp3) is 0.400. The van der Waals surface area contributed by atoms with Gasteiger partial charge in [-0.2, -0.15) is 0 Å². The molecule has 0 saturated carbocycles. The van der Waals surface area contributed by atoms with E-state index >= 15 is 0 Å². The molecule has 3 unspecified atom stereocenters. The lowest BCUT2D eigenvalue weighted by molar-refractivity contribution is -0.143. The lowest BCUT2D eigenvalue weighted by atomic mass is 10.0. The van der Waals surface area contributed by atoms with Gasteiger partial charge in [-0.25, -0.2) is 4.79 Å². The Balaban J connectivity index is 3.09. The first-order valence-corrected chi connectivity index (χ1v) is 9.90. The highest BCUT2D eigenvalue weighted by atomic mass is 16.4. The van der Waals surface area contributed by atoms with Crippen molar-refractivity contribution in [2.75, 3.05) is 6.54 Å². The molecule has 0 fully saturated rings. The average molecular weight is 465 g/mol. The summed E-state index contributed by atoms with van der Waals surface area (Å²) in [7, 11) is 0. The summed E-state index contributed by atoms with van der Waals surface area (Å²) in [6.45, 7) is -0.446. The molecule has 0 aliphatic carbocycles. The van der Waals surface area contributed by atoms with E-state index in [2.05, 4.69) is 16.0 Å². The van der Waals surface area contributed by atoms with E-state index in [0.717, 1.165) is 0 Å². The van der Waals surface area contributed by atoms with Crippen LogP contribution in [0.3, 0.4) is 0 Å². The second-order valence-electron chi connectivity index (χ2n) is 7.08. The van der Waals surface area contributed by atoms with Crippen LogP contribution in [0.4, 0.5) is 0 Å². The molecule has 1 aromatic carbocycles. The van der Waals surface area contributed by atoms with E-state index in [1.54, 1.807) is 30.3 Å². The molecule has 0 aromatic heterocycles. The monoisotopic (exact) mass is 465 g/mol. The number of aliphatic carboxylic acids is 2. The van der Waals surface area contributed by atoms with Crippen LogP contribution in [0.2, 0.25) is 0 Å².